The molecule has 1 aromatic carbocycles. The van der Waals surface area contributed by atoms with Crippen LogP contribution in [0.1, 0.15) is 56.5 Å². The van der Waals surface area contributed by atoms with Crippen LogP contribution in [-0.2, 0) is 15.4 Å². The Morgan fingerprint density at radius 3 is 2.51 bits per heavy atom. The summed E-state index contributed by atoms with van der Waals surface area (Å²) in [5.41, 5.74) is 4.02. The quantitative estimate of drug-likeness (QED) is 0.263. The Kier molecular flexibility index (Phi) is 5.43. The van der Waals surface area contributed by atoms with Crippen LogP contribution in [0.2, 0.25) is 0 Å². The van der Waals surface area contributed by atoms with Crippen molar-refractivity contribution in [1.82, 2.24) is 0 Å². The molecule has 3 aromatic rings. The molecule has 0 fully saturated rings. The molecule has 2 aromatic heterocycles. The number of thiophene rings is 1. The molecule has 0 amide bonds. The van der Waals surface area contributed by atoms with Crippen molar-refractivity contribution in [3.05, 3.63) is 56.0 Å². The number of allylic oxidation sites excluding steroid dienone is 1. The monoisotopic (exact) mass is 510 g/mol. The molecule has 2 aliphatic rings. The normalized spacial score (nSPS) is 18.9. The minimum Gasteiger partial charge on any atom is -0.422 e. The van der Waals surface area contributed by atoms with Crippen molar-refractivity contribution in [2.45, 2.75) is 51.4 Å². The van der Waals surface area contributed by atoms with E-state index in [9.17, 15) is 19.1 Å². The first kappa shape index (κ1) is 24.0. The van der Waals surface area contributed by atoms with Gasteiger partial charge in [-0.15, -0.1) is 11.3 Å². The van der Waals surface area contributed by atoms with Gasteiger partial charge in [0.1, 0.15) is 17.0 Å². The molecule has 7 nitrogen and oxygen atoms in total. The summed E-state index contributed by atoms with van der Waals surface area (Å²) < 4.78 is 17.5. The van der Waals surface area contributed by atoms with Gasteiger partial charge in [0.2, 0.25) is 0 Å². The molecule has 182 valence electrons. The van der Waals surface area contributed by atoms with Gasteiger partial charge in [0.05, 0.1) is 5.56 Å². The molecule has 35 heavy (non-hydrogen) atoms. The molecule has 0 saturated heterocycles. The van der Waals surface area contributed by atoms with Gasteiger partial charge in [-0.05, 0) is 59.6 Å². The summed E-state index contributed by atoms with van der Waals surface area (Å²) in [6.45, 7) is 10.9. The molecule has 5 rings (SSSR count). The lowest BCUT2D eigenvalue weighted by Gasteiger charge is -2.48. The summed E-state index contributed by atoms with van der Waals surface area (Å²) in [6, 6.07) is 8.93. The van der Waals surface area contributed by atoms with Gasteiger partial charge in [-0.2, -0.15) is 5.26 Å². The van der Waals surface area contributed by atoms with E-state index in [1.54, 1.807) is 18.2 Å². The second kappa shape index (κ2) is 7.91. The summed E-state index contributed by atoms with van der Waals surface area (Å²) in [7, 11) is -4.67. The third kappa shape index (κ3) is 3.97. The molecule has 0 saturated carbocycles. The van der Waals surface area contributed by atoms with Crippen LogP contribution in [0.3, 0.4) is 0 Å². The lowest BCUT2D eigenvalue weighted by molar-refractivity contribution is 0.384. The number of hydrogen-bond donors (Lipinski definition) is 2. The van der Waals surface area contributed by atoms with Crippen molar-refractivity contribution in [2.24, 2.45) is 0 Å². The van der Waals surface area contributed by atoms with Crippen molar-refractivity contribution in [2.75, 3.05) is 18.0 Å². The highest BCUT2D eigenvalue weighted by molar-refractivity contribution is 7.57. The SMILES string of the molecule is CC1(C)CCN2CCC(C)(C)c3c2c1cc1cc(-c2ccc(/C=C(\C#N)P(=O)(O)O)s2)c(=O)oc31. The van der Waals surface area contributed by atoms with E-state index in [1.165, 1.54) is 22.6 Å². The summed E-state index contributed by atoms with van der Waals surface area (Å²) >= 11 is 1.18. The number of nitrogens with zero attached hydrogens (tertiary/aromatic N) is 2. The van der Waals surface area contributed by atoms with Crippen molar-refractivity contribution >= 4 is 41.7 Å². The van der Waals surface area contributed by atoms with Gasteiger partial charge in [0, 0.05) is 39.5 Å². The lowest BCUT2D eigenvalue weighted by atomic mass is 9.69. The largest absolute Gasteiger partial charge is 0.422 e. The van der Waals surface area contributed by atoms with E-state index in [0.717, 1.165) is 43.0 Å². The number of fused-ring (bicyclic) bond motifs is 2. The first-order valence-electron chi connectivity index (χ1n) is 11.5. The molecule has 2 N–H and O–H groups in total. The second-order valence-electron chi connectivity index (χ2n) is 10.7. The fraction of sp³-hybridized carbons (Fsp3) is 0.385. The smallest absolute Gasteiger partial charge is 0.366 e. The third-order valence-corrected chi connectivity index (χ3v) is 9.25. The van der Waals surface area contributed by atoms with Gasteiger partial charge in [0.15, 0.2) is 0 Å². The number of hydrogen-bond acceptors (Lipinski definition) is 6. The summed E-state index contributed by atoms with van der Waals surface area (Å²) in [5.74, 6) is 0. The van der Waals surface area contributed by atoms with Crippen LogP contribution in [0.5, 0.6) is 0 Å². The number of anilines is 1. The highest BCUT2D eigenvalue weighted by Gasteiger charge is 2.42. The third-order valence-electron chi connectivity index (χ3n) is 7.33. The molecule has 0 spiro atoms. The Bertz CT molecular complexity index is 1550. The van der Waals surface area contributed by atoms with Crippen molar-refractivity contribution < 1.29 is 18.8 Å². The van der Waals surface area contributed by atoms with E-state index in [2.05, 4.69) is 38.7 Å². The molecular formula is C26H27N2O5PS. The fourth-order valence-electron chi connectivity index (χ4n) is 5.21. The van der Waals surface area contributed by atoms with E-state index in [-0.39, 0.29) is 10.8 Å². The van der Waals surface area contributed by atoms with Crippen LogP contribution in [-0.4, -0.2) is 22.9 Å². The Morgan fingerprint density at radius 2 is 1.86 bits per heavy atom. The maximum absolute atomic E-state index is 13.2. The summed E-state index contributed by atoms with van der Waals surface area (Å²) in [5, 5.41) is 9.35. The molecule has 0 unspecified atom stereocenters. The van der Waals surface area contributed by atoms with Gasteiger partial charge >= 0.3 is 13.2 Å². The first-order valence-corrected chi connectivity index (χ1v) is 13.9. The average molecular weight is 511 g/mol. The van der Waals surface area contributed by atoms with Gasteiger partial charge in [-0.1, -0.05) is 27.7 Å². The van der Waals surface area contributed by atoms with Crippen molar-refractivity contribution in [1.29, 1.82) is 5.26 Å². The van der Waals surface area contributed by atoms with E-state index in [0.29, 0.717) is 20.9 Å². The molecule has 4 heterocycles. The van der Waals surface area contributed by atoms with E-state index >= 15 is 0 Å². The minimum absolute atomic E-state index is 0.00435. The van der Waals surface area contributed by atoms with Gasteiger partial charge < -0.3 is 19.1 Å². The van der Waals surface area contributed by atoms with Crippen LogP contribution < -0.4 is 10.5 Å². The number of rotatable bonds is 3. The predicted octanol–water partition coefficient (Wildman–Crippen LogP) is 5.73. The van der Waals surface area contributed by atoms with Crippen LogP contribution in [0.15, 0.2) is 38.8 Å². The topological polar surface area (TPSA) is 115 Å². The predicted molar refractivity (Wildman–Crippen MR) is 139 cm³/mol. The first-order chi connectivity index (χ1) is 16.3. The zero-order chi connectivity index (χ0) is 25.3. The van der Waals surface area contributed by atoms with E-state index in [4.69, 9.17) is 9.68 Å². The van der Waals surface area contributed by atoms with E-state index in [1.807, 2.05) is 6.07 Å². The van der Waals surface area contributed by atoms with Gasteiger partial charge in [-0.25, -0.2) is 4.79 Å². The maximum atomic E-state index is 13.2. The molecule has 2 aliphatic heterocycles. The lowest BCUT2D eigenvalue weighted by Crippen LogP contribution is -2.44. The zero-order valence-electron chi connectivity index (χ0n) is 20.1. The van der Waals surface area contributed by atoms with E-state index < -0.39 is 18.5 Å². The van der Waals surface area contributed by atoms with Crippen LogP contribution >= 0.6 is 18.9 Å². The molecule has 0 bridgehead atoms. The van der Waals surface area contributed by atoms with Crippen LogP contribution in [0.4, 0.5) is 5.69 Å². The molecular weight excluding hydrogens is 483 g/mol. The average Bonchev–Trinajstić information content (AvgIpc) is 3.22. The Hall–Kier alpha value is -2.69. The Balaban J connectivity index is 1.71. The highest BCUT2D eigenvalue weighted by Crippen LogP contribution is 2.52. The van der Waals surface area contributed by atoms with Crippen LogP contribution in [0, 0.1) is 11.3 Å². The molecule has 0 atom stereocenters. The fourth-order valence-corrected chi connectivity index (χ4v) is 6.69. The maximum Gasteiger partial charge on any atom is 0.366 e. The van der Waals surface area contributed by atoms with Crippen molar-refractivity contribution in [3.63, 3.8) is 0 Å². The van der Waals surface area contributed by atoms with Gasteiger partial charge in [-0.3, -0.25) is 4.57 Å². The zero-order valence-corrected chi connectivity index (χ0v) is 21.8. The Labute approximate surface area is 207 Å². The highest BCUT2D eigenvalue weighted by atomic mass is 32.1. The molecule has 0 radical (unpaired) electrons. The summed E-state index contributed by atoms with van der Waals surface area (Å²) in [4.78, 5) is 35.4. The number of benzene rings is 1. The molecule has 9 heteroatoms. The standard InChI is InChI=1S/C26H27N2O5PS/c1-25(2)7-9-28-10-8-26(3,4)21-22(28)19(25)12-15-11-18(24(29)33-23(15)21)20-6-5-17(35-20)13-16(14-27)34(30,31)32/h5-6,11-13H,7-10H2,1-4H3,(H2,30,31,32)/b16-13+. The second-order valence-corrected chi connectivity index (χ2v) is 13.3. The van der Waals surface area contributed by atoms with Crippen molar-refractivity contribution in [3.8, 4) is 16.5 Å². The number of nitriles is 1. The summed E-state index contributed by atoms with van der Waals surface area (Å²) in [6.07, 6.45) is 3.19. The molecule has 0 aliphatic carbocycles. The van der Waals surface area contributed by atoms with Gasteiger partial charge in [0.25, 0.3) is 0 Å². The Morgan fingerprint density at radius 1 is 1.17 bits per heavy atom. The minimum atomic E-state index is -4.67. The van der Waals surface area contributed by atoms with Crippen LogP contribution in [0.25, 0.3) is 27.5 Å².